The molecular formula is C26H20N2NaO2. The van der Waals surface area contributed by atoms with E-state index in [1.165, 1.54) is 0 Å². The molecule has 0 aromatic heterocycles. The number of benzene rings is 4. The molecule has 2 N–H and O–H groups in total. The molecule has 0 unspecified atom stereocenters. The Morgan fingerprint density at radius 3 is 1.10 bits per heavy atom. The third kappa shape index (κ3) is 5.92. The molecule has 4 aromatic carbocycles. The summed E-state index contributed by atoms with van der Waals surface area (Å²) in [6.45, 7) is 0. The molecule has 4 aromatic rings. The summed E-state index contributed by atoms with van der Waals surface area (Å²) in [6, 6.07) is 33.6. The monoisotopic (exact) mass is 415 g/mol. The van der Waals surface area contributed by atoms with Gasteiger partial charge in [0.1, 0.15) is 0 Å². The summed E-state index contributed by atoms with van der Waals surface area (Å²) >= 11 is 0. The fourth-order valence-electron chi connectivity index (χ4n) is 3.08. The molecule has 0 heterocycles. The zero-order valence-corrected chi connectivity index (χ0v) is 19.2. The molecule has 4 nitrogen and oxygen atoms in total. The molecule has 4 rings (SSSR count). The summed E-state index contributed by atoms with van der Waals surface area (Å²) in [7, 11) is 0. The minimum atomic E-state index is -0.137. The van der Waals surface area contributed by atoms with E-state index in [2.05, 4.69) is 10.6 Å². The minimum absolute atomic E-state index is 0. The summed E-state index contributed by atoms with van der Waals surface area (Å²) < 4.78 is 0. The maximum Gasteiger partial charge on any atom is 0.255 e. The second kappa shape index (κ2) is 10.7. The number of carbonyl (C=O) groups excluding carboxylic acids is 2. The topological polar surface area (TPSA) is 58.2 Å². The predicted molar refractivity (Wildman–Crippen MR) is 126 cm³/mol. The maximum atomic E-state index is 12.3. The molecule has 0 aliphatic rings. The molecule has 0 atom stereocenters. The van der Waals surface area contributed by atoms with E-state index in [9.17, 15) is 9.59 Å². The van der Waals surface area contributed by atoms with Crippen LogP contribution in [0.5, 0.6) is 0 Å². The van der Waals surface area contributed by atoms with Gasteiger partial charge in [-0.1, -0.05) is 60.7 Å². The van der Waals surface area contributed by atoms with Crippen molar-refractivity contribution >= 4 is 52.7 Å². The summed E-state index contributed by atoms with van der Waals surface area (Å²) in [5.41, 5.74) is 4.76. The predicted octanol–water partition coefficient (Wildman–Crippen LogP) is 5.48. The fraction of sp³-hybridized carbons (Fsp3) is 0. The smallest absolute Gasteiger partial charge is 0.255 e. The number of carbonyl (C=O) groups is 2. The van der Waals surface area contributed by atoms with Crippen LogP contribution in [0.15, 0.2) is 109 Å². The van der Waals surface area contributed by atoms with Gasteiger partial charge in [-0.25, -0.2) is 0 Å². The first-order valence-corrected chi connectivity index (χ1v) is 9.62. The Morgan fingerprint density at radius 2 is 0.774 bits per heavy atom. The van der Waals surface area contributed by atoms with Crippen LogP contribution >= 0.6 is 0 Å². The first-order chi connectivity index (χ1) is 14.7. The van der Waals surface area contributed by atoms with E-state index in [4.69, 9.17) is 0 Å². The van der Waals surface area contributed by atoms with Crippen LogP contribution in [0.3, 0.4) is 0 Å². The molecule has 31 heavy (non-hydrogen) atoms. The van der Waals surface area contributed by atoms with Crippen molar-refractivity contribution in [1.29, 1.82) is 0 Å². The molecule has 2 amide bonds. The van der Waals surface area contributed by atoms with E-state index >= 15 is 0 Å². The van der Waals surface area contributed by atoms with Crippen molar-refractivity contribution < 1.29 is 9.59 Å². The number of anilines is 2. The summed E-state index contributed by atoms with van der Waals surface area (Å²) in [5, 5.41) is 5.79. The van der Waals surface area contributed by atoms with E-state index in [-0.39, 0.29) is 41.4 Å². The van der Waals surface area contributed by atoms with Crippen molar-refractivity contribution in [3.8, 4) is 11.1 Å². The molecule has 0 saturated carbocycles. The van der Waals surface area contributed by atoms with Gasteiger partial charge in [-0.05, 0) is 59.7 Å². The largest absolute Gasteiger partial charge is 0.322 e. The van der Waals surface area contributed by atoms with E-state index < -0.39 is 0 Å². The van der Waals surface area contributed by atoms with Crippen molar-refractivity contribution in [3.05, 3.63) is 120 Å². The van der Waals surface area contributed by atoms with Crippen molar-refractivity contribution in [1.82, 2.24) is 0 Å². The number of amides is 2. The van der Waals surface area contributed by atoms with Gasteiger partial charge in [0.15, 0.2) is 0 Å². The molecule has 0 saturated heterocycles. The molecule has 0 aliphatic heterocycles. The number of nitrogens with one attached hydrogen (secondary N) is 2. The number of rotatable bonds is 5. The Labute approximate surface area is 203 Å². The van der Waals surface area contributed by atoms with Crippen molar-refractivity contribution in [2.45, 2.75) is 0 Å². The minimum Gasteiger partial charge on any atom is -0.322 e. The van der Waals surface area contributed by atoms with Crippen LogP contribution in [0.4, 0.5) is 11.4 Å². The van der Waals surface area contributed by atoms with Gasteiger partial charge < -0.3 is 10.6 Å². The molecule has 0 spiro atoms. The van der Waals surface area contributed by atoms with Gasteiger partial charge in [0.25, 0.3) is 11.8 Å². The molecule has 0 fully saturated rings. The van der Waals surface area contributed by atoms with Crippen molar-refractivity contribution in [2.75, 3.05) is 10.6 Å². The molecule has 147 valence electrons. The summed E-state index contributed by atoms with van der Waals surface area (Å²) in [6.07, 6.45) is 0. The quantitative estimate of drug-likeness (QED) is 0.424. The zero-order chi connectivity index (χ0) is 20.8. The van der Waals surface area contributed by atoms with Crippen LogP contribution in [0.2, 0.25) is 0 Å². The first kappa shape index (κ1) is 22.5. The molecule has 5 heteroatoms. The van der Waals surface area contributed by atoms with Gasteiger partial charge in [-0.2, -0.15) is 0 Å². The maximum absolute atomic E-state index is 12.3. The van der Waals surface area contributed by atoms with E-state index in [1.54, 1.807) is 24.3 Å². The number of hydrogen-bond acceptors (Lipinski definition) is 2. The normalized spacial score (nSPS) is 9.94. The van der Waals surface area contributed by atoms with Crippen LogP contribution in [-0.2, 0) is 0 Å². The fourth-order valence-corrected chi connectivity index (χ4v) is 3.08. The third-order valence-corrected chi connectivity index (χ3v) is 4.69. The second-order valence-electron chi connectivity index (χ2n) is 6.79. The SMILES string of the molecule is O=C(Nc1ccc(-c2ccc(NC(=O)c3ccccc3)cc2)cc1)c1ccccc1.[Na]. The Bertz CT molecular complexity index is 1050. The van der Waals surface area contributed by atoms with E-state index in [0.717, 1.165) is 22.5 Å². The first-order valence-electron chi connectivity index (χ1n) is 9.62. The van der Waals surface area contributed by atoms with Gasteiger partial charge in [0.2, 0.25) is 0 Å². The van der Waals surface area contributed by atoms with E-state index in [0.29, 0.717) is 11.1 Å². The molecule has 1 radical (unpaired) electrons. The second-order valence-corrected chi connectivity index (χ2v) is 6.79. The Kier molecular flexibility index (Phi) is 7.79. The van der Waals surface area contributed by atoms with Gasteiger partial charge in [-0.15, -0.1) is 0 Å². The Balaban J connectivity index is 0.00000272. The summed E-state index contributed by atoms with van der Waals surface area (Å²) in [4.78, 5) is 24.5. The Hall–Kier alpha value is -3.18. The standard InChI is InChI=1S/C26H20N2O2.Na/c29-25(21-7-3-1-4-8-21)27-23-15-11-19(12-16-23)20-13-17-24(18-14-20)28-26(30)22-9-5-2-6-10-22;/h1-18H,(H,27,29)(H,28,30);. The van der Waals surface area contributed by atoms with Crippen LogP contribution in [0.25, 0.3) is 11.1 Å². The average molecular weight is 415 g/mol. The summed E-state index contributed by atoms with van der Waals surface area (Å²) in [5.74, 6) is -0.274. The van der Waals surface area contributed by atoms with Crippen molar-refractivity contribution in [2.24, 2.45) is 0 Å². The third-order valence-electron chi connectivity index (χ3n) is 4.69. The van der Waals surface area contributed by atoms with Gasteiger partial charge in [0.05, 0.1) is 0 Å². The Morgan fingerprint density at radius 1 is 0.452 bits per heavy atom. The van der Waals surface area contributed by atoms with Crippen molar-refractivity contribution in [3.63, 3.8) is 0 Å². The number of hydrogen-bond donors (Lipinski definition) is 2. The molecule has 0 aliphatic carbocycles. The van der Waals surface area contributed by atoms with Gasteiger partial charge >= 0.3 is 0 Å². The molecular weight excluding hydrogens is 395 g/mol. The van der Waals surface area contributed by atoms with Gasteiger partial charge in [0, 0.05) is 52.1 Å². The zero-order valence-electron chi connectivity index (χ0n) is 17.2. The van der Waals surface area contributed by atoms with Crippen LogP contribution in [0, 0.1) is 0 Å². The molecule has 0 bridgehead atoms. The van der Waals surface area contributed by atoms with Crippen LogP contribution in [0.1, 0.15) is 20.7 Å². The van der Waals surface area contributed by atoms with E-state index in [1.807, 2.05) is 84.9 Å². The van der Waals surface area contributed by atoms with Crippen LogP contribution in [-0.4, -0.2) is 41.4 Å². The van der Waals surface area contributed by atoms with Gasteiger partial charge in [-0.3, -0.25) is 9.59 Å². The average Bonchev–Trinajstić information content (AvgIpc) is 2.81. The van der Waals surface area contributed by atoms with Crippen LogP contribution < -0.4 is 10.6 Å².